The van der Waals surface area contributed by atoms with Gasteiger partial charge in [0.1, 0.15) is 16.2 Å². The van der Waals surface area contributed by atoms with Gasteiger partial charge in [0.2, 0.25) is 15.9 Å². The van der Waals surface area contributed by atoms with Gasteiger partial charge in [0.25, 0.3) is 5.56 Å². The van der Waals surface area contributed by atoms with E-state index in [-0.39, 0.29) is 53.9 Å². The van der Waals surface area contributed by atoms with Crippen molar-refractivity contribution < 1.29 is 17.8 Å². The minimum Gasteiger partial charge on any atom is -0.633 e. The van der Waals surface area contributed by atoms with Crippen LogP contribution >= 0.6 is 0 Å². The molecule has 0 amide bonds. The zero-order chi connectivity index (χ0) is 29.9. The van der Waals surface area contributed by atoms with Crippen molar-refractivity contribution in [3.05, 3.63) is 63.6 Å². The molecule has 0 saturated carbocycles. The lowest BCUT2D eigenvalue weighted by Gasteiger charge is -2.47. The summed E-state index contributed by atoms with van der Waals surface area (Å²) in [7, 11) is -3.96. The molecule has 1 N–H and O–H groups in total. The summed E-state index contributed by atoms with van der Waals surface area (Å²) in [6.45, 7) is 7.48. The lowest BCUT2D eigenvalue weighted by atomic mass is 10.2. The molecule has 224 valence electrons. The molecular weight excluding hydrogens is 560 g/mol. The number of H-pyrrole nitrogens is 1. The van der Waals surface area contributed by atoms with Crippen LogP contribution in [0.2, 0.25) is 0 Å². The summed E-state index contributed by atoms with van der Waals surface area (Å²) in [6, 6.07) is 7.05. The molecule has 1 saturated heterocycles. The molecule has 4 aromatic rings. The minimum atomic E-state index is -3.96. The Kier molecular flexibility index (Phi) is 8.68. The van der Waals surface area contributed by atoms with Gasteiger partial charge in [-0.15, -0.1) is 0 Å². The first-order valence-electron chi connectivity index (χ1n) is 14.3. The number of nitrogens with zero attached hydrogens (tertiary/aromatic N) is 7. The lowest BCUT2D eigenvalue weighted by molar-refractivity contribution is -0.882. The predicted molar refractivity (Wildman–Crippen MR) is 157 cm³/mol. The molecule has 0 radical (unpaired) electrons. The fraction of sp³-hybridized carbons (Fsp3) is 0.464. The molecule has 13 nitrogen and oxygen atoms in total. The van der Waals surface area contributed by atoms with Gasteiger partial charge in [0.05, 0.1) is 69.0 Å². The summed E-state index contributed by atoms with van der Waals surface area (Å²) >= 11 is 0. The highest BCUT2D eigenvalue weighted by molar-refractivity contribution is 7.89. The van der Waals surface area contributed by atoms with Crippen LogP contribution in [0.1, 0.15) is 45.0 Å². The molecule has 14 heteroatoms. The summed E-state index contributed by atoms with van der Waals surface area (Å²) in [5.41, 5.74) is 1.99. The molecule has 0 aromatic carbocycles. The molecular formula is C28H36N8O5S. The van der Waals surface area contributed by atoms with Crippen LogP contribution in [0.3, 0.4) is 0 Å². The Labute approximate surface area is 244 Å². The zero-order valence-corrected chi connectivity index (χ0v) is 24.9. The number of nitrogens with one attached hydrogen (secondary N) is 1. The SMILES string of the molecule is CCCOc1ncc(S(=O)(=O)N2CC[N+]([O-])(CC)CC2)cc1-c1nc2c(CCC)n(Cc3ccccn3)nc2c(=O)[nH]1. The number of hydroxylamine groups is 3. The van der Waals surface area contributed by atoms with Crippen molar-refractivity contribution in [3.8, 4) is 17.3 Å². The van der Waals surface area contributed by atoms with Crippen LogP contribution in [-0.4, -0.2) is 86.4 Å². The van der Waals surface area contributed by atoms with E-state index in [1.165, 1.54) is 16.6 Å². The Bertz CT molecular complexity index is 1710. The van der Waals surface area contributed by atoms with Crippen LogP contribution in [0.4, 0.5) is 0 Å². The average molecular weight is 597 g/mol. The third-order valence-electron chi connectivity index (χ3n) is 7.48. The van der Waals surface area contributed by atoms with E-state index in [2.05, 4.69) is 20.1 Å². The third-order valence-corrected chi connectivity index (χ3v) is 9.34. The number of likely N-dealkylation sites (N-methyl/N-ethyl adjacent to an activating group) is 1. The van der Waals surface area contributed by atoms with E-state index in [0.29, 0.717) is 38.1 Å². The van der Waals surface area contributed by atoms with Crippen LogP contribution in [0, 0.1) is 5.21 Å². The first kappa shape index (κ1) is 29.8. The molecule has 42 heavy (non-hydrogen) atoms. The van der Waals surface area contributed by atoms with Crippen LogP contribution in [-0.2, 0) is 23.0 Å². The summed E-state index contributed by atoms with van der Waals surface area (Å²) < 4.78 is 35.7. The zero-order valence-electron chi connectivity index (χ0n) is 24.1. The Morgan fingerprint density at radius 1 is 1.10 bits per heavy atom. The number of aromatic amines is 1. The van der Waals surface area contributed by atoms with E-state index in [9.17, 15) is 18.4 Å². The van der Waals surface area contributed by atoms with E-state index < -0.39 is 20.2 Å². The normalized spacial score (nSPS) is 15.7. The molecule has 1 aliphatic heterocycles. The Hall–Kier alpha value is -3.72. The second kappa shape index (κ2) is 12.3. The van der Waals surface area contributed by atoms with Gasteiger partial charge < -0.3 is 19.6 Å². The summed E-state index contributed by atoms with van der Waals surface area (Å²) in [6.07, 6.45) is 5.08. The summed E-state index contributed by atoms with van der Waals surface area (Å²) in [5.74, 6) is 0.300. The number of rotatable bonds is 11. The van der Waals surface area contributed by atoms with E-state index in [1.807, 2.05) is 32.0 Å². The number of hydrogen-bond acceptors (Lipinski definition) is 9. The van der Waals surface area contributed by atoms with Crippen LogP contribution in [0.5, 0.6) is 5.88 Å². The van der Waals surface area contributed by atoms with Gasteiger partial charge in [-0.25, -0.2) is 18.4 Å². The van der Waals surface area contributed by atoms with Gasteiger partial charge in [-0.1, -0.05) is 26.3 Å². The highest BCUT2D eigenvalue weighted by Crippen LogP contribution is 2.31. The molecule has 0 bridgehead atoms. The van der Waals surface area contributed by atoms with Gasteiger partial charge in [-0.2, -0.15) is 9.40 Å². The average Bonchev–Trinajstić information content (AvgIpc) is 3.34. The lowest BCUT2D eigenvalue weighted by Crippen LogP contribution is -2.57. The van der Waals surface area contributed by atoms with E-state index in [0.717, 1.165) is 17.8 Å². The molecule has 0 aliphatic carbocycles. The molecule has 0 unspecified atom stereocenters. The molecule has 4 aromatic heterocycles. The minimum absolute atomic E-state index is 0.0638. The highest BCUT2D eigenvalue weighted by Gasteiger charge is 2.33. The largest absolute Gasteiger partial charge is 0.633 e. The number of ether oxygens (including phenoxy) is 1. The summed E-state index contributed by atoms with van der Waals surface area (Å²) in [4.78, 5) is 29.6. The maximum atomic E-state index is 13.6. The fourth-order valence-corrected chi connectivity index (χ4v) is 6.42. The predicted octanol–water partition coefficient (Wildman–Crippen LogP) is 2.71. The Morgan fingerprint density at radius 3 is 2.55 bits per heavy atom. The number of fused-ring (bicyclic) bond motifs is 1. The monoisotopic (exact) mass is 596 g/mol. The number of piperazine rings is 1. The van der Waals surface area contributed by atoms with Gasteiger partial charge in [-0.05, 0) is 38.0 Å². The van der Waals surface area contributed by atoms with Gasteiger partial charge in [-0.3, -0.25) is 14.5 Å². The maximum absolute atomic E-state index is 13.6. The van der Waals surface area contributed by atoms with Crippen molar-refractivity contribution in [2.75, 3.05) is 39.3 Å². The topological polar surface area (TPSA) is 159 Å². The van der Waals surface area contributed by atoms with Gasteiger partial charge in [0.15, 0.2) is 5.52 Å². The fourth-order valence-electron chi connectivity index (χ4n) is 5.03. The van der Waals surface area contributed by atoms with Crippen LogP contribution in [0.25, 0.3) is 22.4 Å². The maximum Gasteiger partial charge on any atom is 0.279 e. The van der Waals surface area contributed by atoms with Gasteiger partial charge in [0, 0.05) is 6.20 Å². The first-order chi connectivity index (χ1) is 20.2. The molecule has 0 atom stereocenters. The third kappa shape index (κ3) is 5.93. The van der Waals surface area contributed by atoms with Crippen molar-refractivity contribution in [1.82, 2.24) is 34.0 Å². The van der Waals surface area contributed by atoms with Gasteiger partial charge >= 0.3 is 0 Å². The second-order valence-corrected chi connectivity index (χ2v) is 12.3. The number of pyridine rings is 2. The molecule has 5 rings (SSSR count). The number of quaternary nitrogens is 1. The quantitative estimate of drug-likeness (QED) is 0.203. The molecule has 0 spiro atoms. The number of aryl methyl sites for hydroxylation is 1. The molecule has 1 aliphatic rings. The van der Waals surface area contributed by atoms with E-state index in [1.54, 1.807) is 17.8 Å². The second-order valence-electron chi connectivity index (χ2n) is 10.4. The van der Waals surface area contributed by atoms with Crippen molar-refractivity contribution in [3.63, 3.8) is 0 Å². The van der Waals surface area contributed by atoms with E-state index in [4.69, 9.17) is 9.72 Å². The summed E-state index contributed by atoms with van der Waals surface area (Å²) in [5, 5.41) is 17.2. The molecule has 1 fully saturated rings. The van der Waals surface area contributed by atoms with Crippen molar-refractivity contribution in [1.29, 1.82) is 0 Å². The smallest absolute Gasteiger partial charge is 0.279 e. The van der Waals surface area contributed by atoms with Crippen LogP contribution in [0.15, 0.2) is 46.3 Å². The number of sulfonamides is 1. The van der Waals surface area contributed by atoms with Crippen molar-refractivity contribution >= 4 is 21.1 Å². The highest BCUT2D eigenvalue weighted by atomic mass is 32.2. The van der Waals surface area contributed by atoms with Crippen molar-refractivity contribution in [2.24, 2.45) is 0 Å². The Balaban J connectivity index is 1.59. The first-order valence-corrected chi connectivity index (χ1v) is 15.7. The van der Waals surface area contributed by atoms with Crippen LogP contribution < -0.4 is 10.3 Å². The van der Waals surface area contributed by atoms with E-state index >= 15 is 0 Å². The molecule has 5 heterocycles. The van der Waals surface area contributed by atoms with Crippen molar-refractivity contribution in [2.45, 2.75) is 51.5 Å². The Morgan fingerprint density at radius 2 is 1.88 bits per heavy atom. The standard InChI is InChI=1S/C28H36N8O5S/c1-4-9-23-24-25(33-35(23)19-20-10-7-8-11-29-20)27(37)32-26(31-24)22-17-21(18-30-28(22)41-16-5-2)42(39,40)34-12-14-36(38,6-3)15-13-34/h7-8,10-11,17-18H,4-6,9,12-16,19H2,1-3H3,(H,31,32,37). The number of aromatic nitrogens is 6. The number of hydrogen-bond donors (Lipinski definition) is 1.